The van der Waals surface area contributed by atoms with E-state index in [1.807, 2.05) is 36.4 Å². The number of alkyl carbamates (subject to hydrolysis) is 1. The number of benzene rings is 2. The monoisotopic (exact) mass is 343 g/mol. The van der Waals surface area contributed by atoms with Crippen LogP contribution in [0.25, 0.3) is 11.1 Å². The van der Waals surface area contributed by atoms with E-state index in [1.165, 1.54) is 0 Å². The van der Waals surface area contributed by atoms with Crippen molar-refractivity contribution in [3.05, 3.63) is 59.7 Å². The van der Waals surface area contributed by atoms with Crippen molar-refractivity contribution >= 4 is 6.09 Å². The van der Waals surface area contributed by atoms with E-state index in [0.717, 1.165) is 22.3 Å². The number of fused-ring (bicyclic) bond motifs is 3. The molecule has 0 bridgehead atoms. The number of hydrogen-bond acceptors (Lipinski definition) is 3. The zero-order valence-electron chi connectivity index (χ0n) is 14.2. The van der Waals surface area contributed by atoms with Gasteiger partial charge in [-0.15, -0.1) is 0 Å². The first-order valence-corrected chi connectivity index (χ1v) is 8.38. The number of alkyl halides is 1. The van der Waals surface area contributed by atoms with Gasteiger partial charge in [0.2, 0.25) is 0 Å². The summed E-state index contributed by atoms with van der Waals surface area (Å²) in [5.41, 5.74) is 3.56. The first kappa shape index (κ1) is 17.4. The Morgan fingerprint density at radius 3 is 2.24 bits per heavy atom. The van der Waals surface area contributed by atoms with Crippen molar-refractivity contribution in [3.63, 3.8) is 0 Å². The third-order valence-electron chi connectivity index (χ3n) is 4.74. The first-order chi connectivity index (χ1) is 12.1. The Balaban J connectivity index is 1.72. The molecule has 0 fully saturated rings. The van der Waals surface area contributed by atoms with Gasteiger partial charge in [-0.1, -0.05) is 48.5 Å². The van der Waals surface area contributed by atoms with Crippen molar-refractivity contribution in [2.45, 2.75) is 24.8 Å². The second-order valence-corrected chi connectivity index (χ2v) is 6.61. The van der Waals surface area contributed by atoms with Crippen LogP contribution in [-0.4, -0.2) is 36.6 Å². The number of nitrogens with one attached hydrogen (secondary N) is 1. The molecule has 1 unspecified atom stereocenters. The fourth-order valence-electron chi connectivity index (χ4n) is 3.27. The van der Waals surface area contributed by atoms with Gasteiger partial charge in [-0.2, -0.15) is 0 Å². The van der Waals surface area contributed by atoms with Crippen molar-refractivity contribution in [2.24, 2.45) is 0 Å². The number of carbonyl (C=O) groups is 1. The van der Waals surface area contributed by atoms with Crippen LogP contribution >= 0.6 is 0 Å². The molecule has 1 aliphatic carbocycles. The Labute approximate surface area is 146 Å². The summed E-state index contributed by atoms with van der Waals surface area (Å²) in [6.45, 7) is 0.812. The lowest BCUT2D eigenvalue weighted by molar-refractivity contribution is 0.108. The maximum Gasteiger partial charge on any atom is 0.407 e. The van der Waals surface area contributed by atoms with Crippen LogP contribution in [0.4, 0.5) is 9.18 Å². The van der Waals surface area contributed by atoms with E-state index in [9.17, 15) is 14.3 Å². The van der Waals surface area contributed by atoms with Crippen molar-refractivity contribution in [1.29, 1.82) is 0 Å². The van der Waals surface area contributed by atoms with Crippen LogP contribution in [0.15, 0.2) is 48.5 Å². The molecule has 2 aromatic rings. The van der Waals surface area contributed by atoms with E-state index >= 15 is 0 Å². The summed E-state index contributed by atoms with van der Waals surface area (Å²) in [6, 6.07) is 16.2. The average molecular weight is 343 g/mol. The number of aliphatic hydroxyl groups excluding tert-OH is 1. The molecule has 2 N–H and O–H groups in total. The molecule has 0 aliphatic heterocycles. The molecule has 0 aromatic heterocycles. The Kier molecular flexibility index (Phi) is 5.04. The van der Waals surface area contributed by atoms with Crippen LogP contribution < -0.4 is 5.32 Å². The number of amides is 1. The van der Waals surface area contributed by atoms with Crippen LogP contribution in [-0.2, 0) is 4.74 Å². The molecule has 1 atom stereocenters. The Hall–Kier alpha value is -2.40. The third kappa shape index (κ3) is 3.51. The highest BCUT2D eigenvalue weighted by Gasteiger charge is 2.30. The Morgan fingerprint density at radius 2 is 1.72 bits per heavy atom. The molecular weight excluding hydrogens is 321 g/mol. The number of halogens is 1. The Bertz CT molecular complexity index is 719. The summed E-state index contributed by atoms with van der Waals surface area (Å²) in [4.78, 5) is 12.1. The van der Waals surface area contributed by atoms with Gasteiger partial charge < -0.3 is 15.2 Å². The molecule has 1 amide bonds. The Morgan fingerprint density at radius 1 is 1.16 bits per heavy atom. The lowest BCUT2D eigenvalue weighted by Crippen LogP contribution is -2.49. The van der Waals surface area contributed by atoms with Gasteiger partial charge >= 0.3 is 6.09 Å². The standard InChI is InChI=1S/C20H22FNO3/c1-20(13-23,10-11-21)22-19(24)25-12-18-16-8-4-2-6-14(16)15-7-3-5-9-17(15)18/h2-9,18,23H,10-13H2,1H3,(H,22,24). The molecule has 132 valence electrons. The normalized spacial score (nSPS) is 15.2. The molecule has 2 aromatic carbocycles. The molecule has 0 saturated heterocycles. The molecule has 4 nitrogen and oxygen atoms in total. The summed E-state index contributed by atoms with van der Waals surface area (Å²) in [6.07, 6.45) is -0.611. The van der Waals surface area contributed by atoms with Gasteiger partial charge in [-0.25, -0.2) is 4.79 Å². The summed E-state index contributed by atoms with van der Waals surface area (Å²) < 4.78 is 18.0. The van der Waals surface area contributed by atoms with Crippen molar-refractivity contribution in [3.8, 4) is 11.1 Å². The summed E-state index contributed by atoms with van der Waals surface area (Å²) in [5.74, 6) is -0.0280. The van der Waals surface area contributed by atoms with Crippen LogP contribution in [0.2, 0.25) is 0 Å². The van der Waals surface area contributed by atoms with Gasteiger partial charge in [-0.05, 0) is 29.2 Å². The van der Waals surface area contributed by atoms with Crippen molar-refractivity contribution in [2.75, 3.05) is 19.9 Å². The maximum atomic E-state index is 12.6. The minimum atomic E-state index is -1.02. The first-order valence-electron chi connectivity index (χ1n) is 8.38. The lowest BCUT2D eigenvalue weighted by Gasteiger charge is -2.27. The quantitative estimate of drug-likeness (QED) is 0.842. The number of aliphatic hydroxyl groups is 1. The highest BCUT2D eigenvalue weighted by molar-refractivity contribution is 5.79. The van der Waals surface area contributed by atoms with Gasteiger partial charge in [0.15, 0.2) is 0 Å². The summed E-state index contributed by atoms with van der Waals surface area (Å²) in [5, 5.41) is 11.9. The minimum Gasteiger partial charge on any atom is -0.449 e. The van der Waals surface area contributed by atoms with E-state index in [1.54, 1.807) is 6.92 Å². The van der Waals surface area contributed by atoms with Gasteiger partial charge in [-0.3, -0.25) is 4.39 Å². The largest absolute Gasteiger partial charge is 0.449 e. The van der Waals surface area contributed by atoms with Crippen molar-refractivity contribution < 1.29 is 19.0 Å². The van der Waals surface area contributed by atoms with Gasteiger partial charge in [0, 0.05) is 12.3 Å². The number of rotatable bonds is 6. The van der Waals surface area contributed by atoms with E-state index in [-0.39, 0.29) is 25.6 Å². The average Bonchev–Trinajstić information content (AvgIpc) is 2.94. The fourth-order valence-corrected chi connectivity index (χ4v) is 3.27. The van der Waals surface area contributed by atoms with Gasteiger partial charge in [0.25, 0.3) is 0 Å². The second kappa shape index (κ2) is 7.23. The van der Waals surface area contributed by atoms with E-state index in [0.29, 0.717) is 0 Å². The van der Waals surface area contributed by atoms with E-state index in [4.69, 9.17) is 4.74 Å². The predicted octanol–water partition coefficient (Wildman–Crippen LogP) is 3.64. The fraction of sp³-hybridized carbons (Fsp3) is 0.350. The summed E-state index contributed by atoms with van der Waals surface area (Å²) in [7, 11) is 0. The molecule has 5 heteroatoms. The van der Waals surface area contributed by atoms with Crippen LogP contribution in [0, 0.1) is 0 Å². The lowest BCUT2D eigenvalue weighted by atomic mass is 9.98. The molecule has 0 spiro atoms. The zero-order chi connectivity index (χ0) is 17.9. The molecule has 0 heterocycles. The second-order valence-electron chi connectivity index (χ2n) is 6.61. The van der Waals surface area contributed by atoms with Crippen molar-refractivity contribution in [1.82, 2.24) is 5.32 Å². The van der Waals surface area contributed by atoms with E-state index in [2.05, 4.69) is 17.4 Å². The van der Waals surface area contributed by atoms with Crippen LogP contribution in [0.5, 0.6) is 0 Å². The molecule has 1 aliphatic rings. The number of ether oxygens (including phenoxy) is 1. The topological polar surface area (TPSA) is 58.6 Å². The molecular formula is C20H22FNO3. The predicted molar refractivity (Wildman–Crippen MR) is 94.3 cm³/mol. The van der Waals surface area contributed by atoms with E-state index < -0.39 is 18.3 Å². The minimum absolute atomic E-state index is 0.0280. The summed E-state index contributed by atoms with van der Waals surface area (Å²) >= 11 is 0. The van der Waals surface area contributed by atoms with Crippen LogP contribution in [0.3, 0.4) is 0 Å². The molecule has 0 radical (unpaired) electrons. The van der Waals surface area contributed by atoms with Gasteiger partial charge in [0.1, 0.15) is 6.61 Å². The van der Waals surface area contributed by atoms with Gasteiger partial charge in [0.05, 0.1) is 18.8 Å². The molecule has 25 heavy (non-hydrogen) atoms. The number of hydrogen-bond donors (Lipinski definition) is 2. The SMILES string of the molecule is CC(CO)(CCF)NC(=O)OCC1c2ccccc2-c2ccccc21. The molecule has 3 rings (SSSR count). The highest BCUT2D eigenvalue weighted by Crippen LogP contribution is 2.44. The number of carbonyl (C=O) groups excluding carboxylic acids is 1. The highest BCUT2D eigenvalue weighted by atomic mass is 19.1. The third-order valence-corrected chi connectivity index (χ3v) is 4.74. The zero-order valence-corrected chi connectivity index (χ0v) is 14.2. The smallest absolute Gasteiger partial charge is 0.407 e. The van der Waals surface area contributed by atoms with Crippen LogP contribution in [0.1, 0.15) is 30.4 Å². The molecule has 0 saturated carbocycles. The maximum absolute atomic E-state index is 12.6.